The lowest BCUT2D eigenvalue weighted by atomic mass is 10.1. The van der Waals surface area contributed by atoms with E-state index in [-0.39, 0.29) is 0 Å². The normalized spacial score (nSPS) is 11.3. The summed E-state index contributed by atoms with van der Waals surface area (Å²) in [6.07, 6.45) is 5.33. The van der Waals surface area contributed by atoms with Gasteiger partial charge in [0.05, 0.1) is 18.1 Å². The van der Waals surface area contributed by atoms with Gasteiger partial charge >= 0.3 is 0 Å². The number of anilines is 2. The Morgan fingerprint density at radius 3 is 2.59 bits per heavy atom. The molecule has 0 bridgehead atoms. The average molecular weight is 297 g/mol. The van der Waals surface area contributed by atoms with Gasteiger partial charge in [-0.15, -0.1) is 0 Å². The Morgan fingerprint density at radius 2 is 1.91 bits per heavy atom. The first-order chi connectivity index (χ1) is 10.5. The summed E-state index contributed by atoms with van der Waals surface area (Å²) in [4.78, 5) is 15.2. The molecule has 0 spiro atoms. The molecule has 114 valence electrons. The Hall–Kier alpha value is -2.70. The summed E-state index contributed by atoms with van der Waals surface area (Å²) in [5, 5.41) is 4.26. The zero-order chi connectivity index (χ0) is 15.9. The maximum Gasteiger partial charge on any atom is 0.225 e. The van der Waals surface area contributed by atoms with Gasteiger partial charge < -0.3 is 10.6 Å². The van der Waals surface area contributed by atoms with E-state index < -0.39 is 0 Å². The van der Waals surface area contributed by atoms with Crippen molar-refractivity contribution in [3.63, 3.8) is 0 Å². The first-order valence-electron chi connectivity index (χ1n) is 7.11. The number of pyridine rings is 1. The van der Waals surface area contributed by atoms with Crippen LogP contribution in [0, 0.1) is 0 Å². The van der Waals surface area contributed by atoms with Crippen molar-refractivity contribution in [2.75, 3.05) is 24.7 Å². The largest absolute Gasteiger partial charge is 0.376 e. The predicted molar refractivity (Wildman–Crippen MR) is 86.8 cm³/mol. The highest BCUT2D eigenvalue weighted by Crippen LogP contribution is 2.24. The van der Waals surface area contributed by atoms with Crippen molar-refractivity contribution >= 4 is 17.3 Å². The van der Waals surface area contributed by atoms with E-state index in [2.05, 4.69) is 33.9 Å². The molecule has 0 aliphatic heterocycles. The molecule has 0 saturated carbocycles. The molecular formula is C15H19N7. The second-order valence-electron chi connectivity index (χ2n) is 5.72. The van der Waals surface area contributed by atoms with Crippen LogP contribution in [0.5, 0.6) is 0 Å². The van der Waals surface area contributed by atoms with Crippen LogP contribution in [0.4, 0.5) is 11.6 Å². The first kappa shape index (κ1) is 14.2. The number of nitrogens with zero attached hydrogens (tertiary/aromatic N) is 6. The average Bonchev–Trinajstić information content (AvgIpc) is 2.92. The Balaban J connectivity index is 2.19. The molecule has 2 N–H and O–H groups in total. The second-order valence-corrected chi connectivity index (χ2v) is 5.72. The van der Waals surface area contributed by atoms with Crippen molar-refractivity contribution in [3.8, 4) is 11.4 Å². The zero-order valence-electron chi connectivity index (χ0n) is 13.1. The van der Waals surface area contributed by atoms with Crippen LogP contribution in [-0.2, 0) is 0 Å². The topological polar surface area (TPSA) is 85.2 Å². The van der Waals surface area contributed by atoms with Crippen molar-refractivity contribution in [2.24, 2.45) is 0 Å². The van der Waals surface area contributed by atoms with Crippen LogP contribution in [-0.4, -0.2) is 38.7 Å². The molecule has 3 aromatic rings. The Bertz CT molecular complexity index is 820. The quantitative estimate of drug-likeness (QED) is 0.795. The molecule has 0 atom stereocenters. The summed E-state index contributed by atoms with van der Waals surface area (Å²) in [7, 11) is 3.93. The number of nitrogens with two attached hydrogens (primary N) is 1. The van der Waals surface area contributed by atoms with Crippen LogP contribution in [0.2, 0.25) is 0 Å². The fraction of sp³-hybridized carbons (Fsp3) is 0.333. The van der Waals surface area contributed by atoms with Gasteiger partial charge in [-0.1, -0.05) is 13.8 Å². The molecule has 3 rings (SSSR count). The van der Waals surface area contributed by atoms with Gasteiger partial charge in [-0.25, -0.2) is 4.98 Å². The summed E-state index contributed by atoms with van der Waals surface area (Å²) >= 11 is 0. The molecule has 0 aromatic carbocycles. The van der Waals surface area contributed by atoms with Gasteiger partial charge in [-0.05, 0) is 12.0 Å². The fourth-order valence-corrected chi connectivity index (χ4v) is 2.25. The molecule has 0 unspecified atom stereocenters. The van der Waals surface area contributed by atoms with Crippen LogP contribution in [0.25, 0.3) is 17.0 Å². The molecule has 0 saturated heterocycles. The molecule has 0 amide bonds. The second kappa shape index (κ2) is 5.25. The standard InChI is InChI=1S/C15H19N7/c1-9(2)12-8-18-22-14(12)19-13(20-15(22)16)10-5-11(21(3)4)7-17-6-10/h5-9H,1-4H3,(H2,16,19,20). The number of aromatic nitrogens is 5. The molecule has 0 aliphatic rings. The summed E-state index contributed by atoms with van der Waals surface area (Å²) < 4.78 is 1.57. The van der Waals surface area contributed by atoms with Crippen LogP contribution in [0.15, 0.2) is 24.7 Å². The summed E-state index contributed by atoms with van der Waals surface area (Å²) in [6, 6.07) is 1.99. The smallest absolute Gasteiger partial charge is 0.225 e. The van der Waals surface area contributed by atoms with Crippen molar-refractivity contribution < 1.29 is 0 Å². The molecule has 3 heterocycles. The van der Waals surface area contributed by atoms with Gasteiger partial charge in [-0.3, -0.25) is 4.98 Å². The zero-order valence-corrected chi connectivity index (χ0v) is 13.1. The highest BCUT2D eigenvalue weighted by Gasteiger charge is 2.15. The minimum Gasteiger partial charge on any atom is -0.376 e. The Morgan fingerprint density at radius 1 is 1.14 bits per heavy atom. The number of fused-ring (bicyclic) bond motifs is 1. The van der Waals surface area contributed by atoms with E-state index in [1.54, 1.807) is 23.1 Å². The first-order valence-corrected chi connectivity index (χ1v) is 7.11. The highest BCUT2D eigenvalue weighted by molar-refractivity contribution is 5.65. The van der Waals surface area contributed by atoms with E-state index >= 15 is 0 Å². The lowest BCUT2D eigenvalue weighted by molar-refractivity contribution is 0.870. The fourth-order valence-electron chi connectivity index (χ4n) is 2.25. The highest BCUT2D eigenvalue weighted by atomic mass is 15.3. The molecular weight excluding hydrogens is 278 g/mol. The molecule has 0 fully saturated rings. The van der Waals surface area contributed by atoms with Gasteiger partial charge in [0, 0.05) is 31.4 Å². The van der Waals surface area contributed by atoms with Gasteiger partial charge in [0.1, 0.15) is 0 Å². The van der Waals surface area contributed by atoms with Crippen LogP contribution < -0.4 is 10.6 Å². The third-order valence-corrected chi connectivity index (χ3v) is 3.54. The Labute approximate surface area is 128 Å². The lowest BCUT2D eigenvalue weighted by Gasteiger charge is -2.12. The molecule has 7 nitrogen and oxygen atoms in total. The molecule has 22 heavy (non-hydrogen) atoms. The van der Waals surface area contributed by atoms with E-state index in [9.17, 15) is 0 Å². The van der Waals surface area contributed by atoms with Crippen LogP contribution in [0.3, 0.4) is 0 Å². The Kier molecular flexibility index (Phi) is 3.40. The van der Waals surface area contributed by atoms with Gasteiger partial charge in [-0.2, -0.15) is 14.6 Å². The number of rotatable bonds is 3. The molecule has 0 radical (unpaired) electrons. The third kappa shape index (κ3) is 2.34. The molecule has 0 aliphatic carbocycles. The summed E-state index contributed by atoms with van der Waals surface area (Å²) in [5.74, 6) is 1.19. The third-order valence-electron chi connectivity index (χ3n) is 3.54. The van der Waals surface area contributed by atoms with Gasteiger partial charge in [0.15, 0.2) is 11.5 Å². The van der Waals surface area contributed by atoms with Crippen molar-refractivity contribution in [1.82, 2.24) is 24.6 Å². The number of nitrogen functional groups attached to an aromatic ring is 1. The summed E-state index contributed by atoms with van der Waals surface area (Å²) in [5.41, 5.74) is 9.63. The van der Waals surface area contributed by atoms with Gasteiger partial charge in [0.2, 0.25) is 5.95 Å². The minimum absolute atomic E-state index is 0.311. The maximum atomic E-state index is 6.02. The van der Waals surface area contributed by atoms with E-state index in [0.29, 0.717) is 17.7 Å². The molecule has 3 aromatic heterocycles. The SMILES string of the molecule is CC(C)c1cnn2c(N)nc(-c3cncc(N(C)C)c3)nc12. The van der Waals surface area contributed by atoms with Crippen LogP contribution in [0.1, 0.15) is 25.3 Å². The van der Waals surface area contributed by atoms with Crippen molar-refractivity contribution in [3.05, 3.63) is 30.2 Å². The van der Waals surface area contributed by atoms with Gasteiger partial charge in [0.25, 0.3) is 0 Å². The van der Waals surface area contributed by atoms with E-state index in [1.165, 1.54) is 0 Å². The number of hydrogen-bond acceptors (Lipinski definition) is 6. The van der Waals surface area contributed by atoms with E-state index in [1.807, 2.05) is 25.1 Å². The van der Waals surface area contributed by atoms with Crippen molar-refractivity contribution in [1.29, 1.82) is 0 Å². The lowest BCUT2D eigenvalue weighted by Crippen LogP contribution is -2.09. The van der Waals surface area contributed by atoms with E-state index in [0.717, 1.165) is 22.5 Å². The maximum absolute atomic E-state index is 6.02. The predicted octanol–water partition coefficient (Wildman–Crippen LogP) is 1.96. The minimum atomic E-state index is 0.311. The summed E-state index contributed by atoms with van der Waals surface area (Å²) in [6.45, 7) is 4.20. The molecule has 7 heteroatoms. The van der Waals surface area contributed by atoms with Crippen LogP contribution >= 0.6 is 0 Å². The monoisotopic (exact) mass is 297 g/mol. The van der Waals surface area contributed by atoms with Crippen molar-refractivity contribution in [2.45, 2.75) is 19.8 Å². The van der Waals surface area contributed by atoms with E-state index in [4.69, 9.17) is 5.73 Å². The number of hydrogen-bond donors (Lipinski definition) is 1.